The second kappa shape index (κ2) is 6.61. The molecule has 0 aromatic heterocycles. The van der Waals surface area contributed by atoms with Crippen molar-refractivity contribution in [2.75, 3.05) is 33.3 Å². The maximum Gasteiger partial charge on any atom is 0.415 e. The SMILES string of the molecule is COc1cccc(CN2CC3(C2)CN(C(=O)Oc2ccc(F)cc2)C3)c1. The number of nitrogens with zero attached hydrogens (tertiary/aromatic N) is 2. The molecule has 5 nitrogen and oxygen atoms in total. The monoisotopic (exact) mass is 356 g/mol. The first-order valence-corrected chi connectivity index (χ1v) is 8.63. The number of likely N-dealkylation sites (tertiary alicyclic amines) is 2. The Morgan fingerprint density at radius 1 is 1.08 bits per heavy atom. The lowest BCUT2D eigenvalue weighted by atomic mass is 9.73. The highest BCUT2D eigenvalue weighted by Gasteiger charge is 2.53. The lowest BCUT2D eigenvalue weighted by Crippen LogP contribution is -2.72. The van der Waals surface area contributed by atoms with E-state index in [-0.39, 0.29) is 17.3 Å². The normalized spacial score (nSPS) is 18.2. The zero-order valence-corrected chi connectivity index (χ0v) is 14.7. The summed E-state index contributed by atoms with van der Waals surface area (Å²) in [6.07, 6.45) is -0.367. The molecule has 0 unspecified atom stereocenters. The Hall–Kier alpha value is -2.60. The summed E-state index contributed by atoms with van der Waals surface area (Å²) in [5, 5.41) is 0. The number of carbonyl (C=O) groups excluding carboxylic acids is 1. The smallest absolute Gasteiger partial charge is 0.415 e. The summed E-state index contributed by atoms with van der Waals surface area (Å²) in [4.78, 5) is 16.2. The molecular weight excluding hydrogens is 335 g/mol. The molecule has 2 aromatic carbocycles. The molecule has 2 aliphatic heterocycles. The van der Waals surface area contributed by atoms with E-state index in [1.54, 1.807) is 12.0 Å². The van der Waals surface area contributed by atoms with Gasteiger partial charge >= 0.3 is 6.09 Å². The molecule has 0 saturated carbocycles. The molecule has 2 aromatic rings. The summed E-state index contributed by atoms with van der Waals surface area (Å²) < 4.78 is 23.4. The van der Waals surface area contributed by atoms with E-state index in [9.17, 15) is 9.18 Å². The quantitative estimate of drug-likeness (QED) is 0.844. The number of amides is 1. The average molecular weight is 356 g/mol. The number of ether oxygens (including phenoxy) is 2. The summed E-state index contributed by atoms with van der Waals surface area (Å²) >= 11 is 0. The summed E-state index contributed by atoms with van der Waals surface area (Å²) in [7, 11) is 1.67. The maximum absolute atomic E-state index is 12.9. The highest BCUT2D eigenvalue weighted by atomic mass is 19.1. The highest BCUT2D eigenvalue weighted by Crippen LogP contribution is 2.40. The average Bonchev–Trinajstić information content (AvgIpc) is 2.58. The number of rotatable bonds is 4. The van der Waals surface area contributed by atoms with E-state index in [0.717, 1.165) is 25.4 Å². The van der Waals surface area contributed by atoms with Crippen LogP contribution >= 0.6 is 0 Å². The Balaban J connectivity index is 1.24. The molecule has 0 aliphatic carbocycles. The van der Waals surface area contributed by atoms with Crippen molar-refractivity contribution >= 4 is 6.09 Å². The predicted octanol–water partition coefficient (Wildman–Crippen LogP) is 3.15. The summed E-state index contributed by atoms with van der Waals surface area (Å²) in [5.41, 5.74) is 1.42. The van der Waals surface area contributed by atoms with Crippen molar-refractivity contribution in [2.24, 2.45) is 5.41 Å². The van der Waals surface area contributed by atoms with Gasteiger partial charge in [-0.05, 0) is 42.0 Å². The van der Waals surface area contributed by atoms with Gasteiger partial charge in [-0.2, -0.15) is 0 Å². The number of benzene rings is 2. The first-order valence-electron chi connectivity index (χ1n) is 8.63. The van der Waals surface area contributed by atoms with Gasteiger partial charge in [-0.1, -0.05) is 12.1 Å². The molecule has 1 amide bonds. The third-order valence-electron chi connectivity index (χ3n) is 4.99. The van der Waals surface area contributed by atoms with Crippen molar-refractivity contribution in [1.29, 1.82) is 0 Å². The number of hydrogen-bond acceptors (Lipinski definition) is 4. The van der Waals surface area contributed by atoms with Gasteiger partial charge in [0.1, 0.15) is 17.3 Å². The van der Waals surface area contributed by atoms with E-state index in [1.807, 2.05) is 12.1 Å². The molecule has 2 heterocycles. The molecule has 1 spiro atoms. The first kappa shape index (κ1) is 16.8. The van der Waals surface area contributed by atoms with Crippen LogP contribution in [0.15, 0.2) is 48.5 Å². The molecule has 26 heavy (non-hydrogen) atoms. The summed E-state index contributed by atoms with van der Waals surface area (Å²) in [5.74, 6) is 0.889. The Morgan fingerprint density at radius 2 is 1.81 bits per heavy atom. The topological polar surface area (TPSA) is 42.0 Å². The van der Waals surface area contributed by atoms with Crippen LogP contribution in [0.3, 0.4) is 0 Å². The van der Waals surface area contributed by atoms with Gasteiger partial charge in [0, 0.05) is 38.1 Å². The van der Waals surface area contributed by atoms with Gasteiger partial charge in [-0.25, -0.2) is 9.18 Å². The van der Waals surface area contributed by atoms with Gasteiger partial charge in [-0.3, -0.25) is 4.90 Å². The van der Waals surface area contributed by atoms with E-state index < -0.39 is 0 Å². The van der Waals surface area contributed by atoms with Crippen LogP contribution in [0.5, 0.6) is 11.5 Å². The fourth-order valence-corrected chi connectivity index (χ4v) is 3.80. The number of methoxy groups -OCH3 is 1. The second-order valence-corrected chi connectivity index (χ2v) is 7.17. The molecule has 136 valence electrons. The number of halogens is 1. The molecule has 2 saturated heterocycles. The predicted molar refractivity (Wildman–Crippen MR) is 94.7 cm³/mol. The Morgan fingerprint density at radius 3 is 2.50 bits per heavy atom. The van der Waals surface area contributed by atoms with Crippen molar-refractivity contribution in [3.05, 3.63) is 59.9 Å². The molecule has 0 N–H and O–H groups in total. The van der Waals surface area contributed by atoms with Gasteiger partial charge in [0.05, 0.1) is 7.11 Å². The van der Waals surface area contributed by atoms with E-state index >= 15 is 0 Å². The van der Waals surface area contributed by atoms with E-state index in [4.69, 9.17) is 9.47 Å². The van der Waals surface area contributed by atoms with Crippen molar-refractivity contribution < 1.29 is 18.7 Å². The summed E-state index contributed by atoms with van der Waals surface area (Å²) in [6, 6.07) is 13.6. The third-order valence-corrected chi connectivity index (χ3v) is 4.99. The lowest BCUT2D eigenvalue weighted by molar-refractivity contribution is -0.104. The van der Waals surface area contributed by atoms with Crippen LogP contribution in [-0.4, -0.2) is 49.2 Å². The fourth-order valence-electron chi connectivity index (χ4n) is 3.80. The molecule has 6 heteroatoms. The Labute approximate surface area is 151 Å². The first-order chi connectivity index (χ1) is 12.5. The molecule has 2 aliphatic rings. The molecular formula is C20H21FN2O3. The van der Waals surface area contributed by atoms with Crippen molar-refractivity contribution in [2.45, 2.75) is 6.54 Å². The largest absolute Gasteiger partial charge is 0.497 e. The Bertz CT molecular complexity index is 795. The van der Waals surface area contributed by atoms with Crippen LogP contribution in [0, 0.1) is 11.2 Å². The minimum atomic E-state index is -0.367. The van der Waals surface area contributed by atoms with Crippen LogP contribution < -0.4 is 9.47 Å². The van der Waals surface area contributed by atoms with Gasteiger partial charge < -0.3 is 14.4 Å². The van der Waals surface area contributed by atoms with Crippen molar-refractivity contribution in [3.8, 4) is 11.5 Å². The molecule has 0 radical (unpaired) electrons. The minimum absolute atomic E-state index is 0.195. The van der Waals surface area contributed by atoms with Crippen LogP contribution in [0.1, 0.15) is 5.56 Å². The number of hydrogen-bond donors (Lipinski definition) is 0. The van der Waals surface area contributed by atoms with Gasteiger partial charge in [0.25, 0.3) is 0 Å². The van der Waals surface area contributed by atoms with Gasteiger partial charge in [0.2, 0.25) is 0 Å². The zero-order valence-electron chi connectivity index (χ0n) is 14.7. The van der Waals surface area contributed by atoms with Crippen molar-refractivity contribution in [3.63, 3.8) is 0 Å². The highest BCUT2D eigenvalue weighted by molar-refractivity contribution is 5.72. The van der Waals surface area contributed by atoms with Gasteiger partial charge in [-0.15, -0.1) is 0 Å². The molecule has 0 atom stereocenters. The summed E-state index contributed by atoms with van der Waals surface area (Å²) in [6.45, 7) is 4.26. The van der Waals surface area contributed by atoms with Crippen LogP contribution in [0.4, 0.5) is 9.18 Å². The maximum atomic E-state index is 12.9. The van der Waals surface area contributed by atoms with E-state index in [2.05, 4.69) is 17.0 Å². The molecule has 2 fully saturated rings. The third kappa shape index (κ3) is 3.37. The Kier molecular flexibility index (Phi) is 4.28. The zero-order chi connectivity index (χ0) is 18.1. The van der Waals surface area contributed by atoms with E-state index in [0.29, 0.717) is 18.8 Å². The van der Waals surface area contributed by atoms with Crippen LogP contribution in [-0.2, 0) is 6.54 Å². The lowest BCUT2D eigenvalue weighted by Gasteiger charge is -2.59. The van der Waals surface area contributed by atoms with Crippen LogP contribution in [0.2, 0.25) is 0 Å². The fraction of sp³-hybridized carbons (Fsp3) is 0.350. The standard InChI is InChI=1S/C20H21FN2O3/c1-25-18-4-2-3-15(9-18)10-22-11-20(12-22)13-23(14-20)19(24)26-17-7-5-16(21)6-8-17/h2-9H,10-14H2,1H3. The van der Waals surface area contributed by atoms with Gasteiger partial charge in [0.15, 0.2) is 0 Å². The second-order valence-electron chi connectivity index (χ2n) is 7.17. The number of carbonyl (C=O) groups is 1. The van der Waals surface area contributed by atoms with Crippen molar-refractivity contribution in [1.82, 2.24) is 9.80 Å². The minimum Gasteiger partial charge on any atom is -0.497 e. The molecule has 4 rings (SSSR count). The molecule has 0 bridgehead atoms. The van der Waals surface area contributed by atoms with E-state index in [1.165, 1.54) is 29.8 Å². The van der Waals surface area contributed by atoms with Crippen LogP contribution in [0.25, 0.3) is 0 Å².